The average Bonchev–Trinajstić information content (AvgIpc) is 2.77. The van der Waals surface area contributed by atoms with Gasteiger partial charge in [-0.3, -0.25) is 4.79 Å². The summed E-state index contributed by atoms with van der Waals surface area (Å²) in [6, 6.07) is 26.0. The molecule has 3 rings (SSSR count). The van der Waals surface area contributed by atoms with Crippen LogP contribution in [0.1, 0.15) is 17.2 Å². The van der Waals surface area contributed by atoms with E-state index in [4.69, 9.17) is 9.47 Å². The van der Waals surface area contributed by atoms with Gasteiger partial charge in [-0.1, -0.05) is 76.6 Å². The van der Waals surface area contributed by atoms with Crippen LogP contribution in [-0.4, -0.2) is 25.1 Å². The van der Waals surface area contributed by atoms with Gasteiger partial charge in [0.15, 0.2) is 13.2 Å². The first-order valence-corrected chi connectivity index (χ1v) is 9.84. The highest BCUT2D eigenvalue weighted by Gasteiger charge is 2.17. The van der Waals surface area contributed by atoms with E-state index < -0.39 is 5.97 Å². The number of hydrogen-bond donors (Lipinski definition) is 1. The Morgan fingerprint density at radius 1 is 0.793 bits per heavy atom. The second-order valence-corrected chi connectivity index (χ2v) is 7.14. The molecule has 0 aromatic heterocycles. The molecule has 0 aliphatic rings. The number of esters is 1. The predicted molar refractivity (Wildman–Crippen MR) is 113 cm³/mol. The van der Waals surface area contributed by atoms with Crippen molar-refractivity contribution in [1.82, 2.24) is 5.32 Å². The van der Waals surface area contributed by atoms with Crippen molar-refractivity contribution in [2.45, 2.75) is 6.04 Å². The third-order valence-electron chi connectivity index (χ3n) is 4.11. The monoisotopic (exact) mass is 453 g/mol. The second kappa shape index (κ2) is 10.4. The Kier molecular flexibility index (Phi) is 7.41. The molecule has 29 heavy (non-hydrogen) atoms. The van der Waals surface area contributed by atoms with Crippen molar-refractivity contribution in [2.75, 3.05) is 13.2 Å². The van der Waals surface area contributed by atoms with Gasteiger partial charge >= 0.3 is 5.97 Å². The smallest absolute Gasteiger partial charge is 0.344 e. The zero-order chi connectivity index (χ0) is 20.5. The fourth-order valence-corrected chi connectivity index (χ4v) is 2.98. The van der Waals surface area contributed by atoms with E-state index in [-0.39, 0.29) is 25.2 Å². The van der Waals surface area contributed by atoms with E-state index >= 15 is 0 Å². The van der Waals surface area contributed by atoms with Crippen LogP contribution in [0.4, 0.5) is 0 Å². The van der Waals surface area contributed by atoms with Crippen molar-refractivity contribution in [3.63, 3.8) is 0 Å². The van der Waals surface area contributed by atoms with Crippen LogP contribution in [0, 0.1) is 0 Å². The van der Waals surface area contributed by atoms with Crippen LogP contribution in [0.2, 0.25) is 0 Å². The van der Waals surface area contributed by atoms with Gasteiger partial charge < -0.3 is 14.8 Å². The van der Waals surface area contributed by atoms with Gasteiger partial charge in [-0.05, 0) is 35.4 Å². The summed E-state index contributed by atoms with van der Waals surface area (Å²) < 4.78 is 11.3. The van der Waals surface area contributed by atoms with Gasteiger partial charge in [0.1, 0.15) is 5.75 Å². The number of ether oxygens (including phenoxy) is 2. The highest BCUT2D eigenvalue weighted by molar-refractivity contribution is 9.10. The molecular formula is C23H20BrNO4. The highest BCUT2D eigenvalue weighted by atomic mass is 79.9. The van der Waals surface area contributed by atoms with E-state index in [1.165, 1.54) is 0 Å². The van der Waals surface area contributed by atoms with Gasteiger partial charge in [0, 0.05) is 4.47 Å². The highest BCUT2D eigenvalue weighted by Crippen LogP contribution is 2.21. The molecule has 0 atom stereocenters. The maximum atomic E-state index is 12.4. The second-order valence-electron chi connectivity index (χ2n) is 6.23. The molecule has 0 unspecified atom stereocenters. The summed E-state index contributed by atoms with van der Waals surface area (Å²) in [4.78, 5) is 24.3. The molecule has 0 aliphatic heterocycles. The lowest BCUT2D eigenvalue weighted by molar-refractivity contribution is -0.150. The van der Waals surface area contributed by atoms with Gasteiger partial charge in [0.2, 0.25) is 0 Å². The third-order valence-corrected chi connectivity index (χ3v) is 4.63. The number of nitrogens with one attached hydrogen (secondary N) is 1. The van der Waals surface area contributed by atoms with E-state index in [2.05, 4.69) is 21.2 Å². The number of benzene rings is 3. The number of hydrogen-bond acceptors (Lipinski definition) is 4. The standard InChI is InChI=1S/C23H20BrNO4/c24-19-11-13-20(14-12-19)28-16-22(27)29-15-21(26)25-23(17-7-3-1-4-8-17)18-9-5-2-6-10-18/h1-14,23H,15-16H2,(H,25,26). The number of carbonyl (C=O) groups excluding carboxylic acids is 2. The fraction of sp³-hybridized carbons (Fsp3) is 0.130. The average molecular weight is 454 g/mol. The number of carbonyl (C=O) groups is 2. The summed E-state index contributed by atoms with van der Waals surface area (Å²) in [7, 11) is 0. The van der Waals surface area contributed by atoms with Crippen LogP contribution in [-0.2, 0) is 14.3 Å². The van der Waals surface area contributed by atoms with Gasteiger partial charge in [-0.25, -0.2) is 4.79 Å². The lowest BCUT2D eigenvalue weighted by Gasteiger charge is -2.20. The van der Waals surface area contributed by atoms with Crippen molar-refractivity contribution >= 4 is 27.8 Å². The molecule has 1 amide bonds. The zero-order valence-electron chi connectivity index (χ0n) is 15.6. The maximum absolute atomic E-state index is 12.4. The molecule has 0 saturated heterocycles. The lowest BCUT2D eigenvalue weighted by atomic mass is 9.99. The number of rotatable bonds is 8. The Balaban J connectivity index is 1.53. The van der Waals surface area contributed by atoms with Crippen molar-refractivity contribution in [3.8, 4) is 5.75 Å². The Morgan fingerprint density at radius 3 is 1.90 bits per heavy atom. The number of halogens is 1. The summed E-state index contributed by atoms with van der Waals surface area (Å²) in [5.41, 5.74) is 1.88. The van der Waals surface area contributed by atoms with Crippen LogP contribution in [0.3, 0.4) is 0 Å². The number of amides is 1. The van der Waals surface area contributed by atoms with Gasteiger partial charge in [0.05, 0.1) is 6.04 Å². The van der Waals surface area contributed by atoms with Crippen LogP contribution in [0.15, 0.2) is 89.4 Å². The molecular weight excluding hydrogens is 434 g/mol. The first-order chi connectivity index (χ1) is 14.1. The van der Waals surface area contributed by atoms with Gasteiger partial charge in [0.25, 0.3) is 5.91 Å². The Morgan fingerprint density at radius 2 is 1.34 bits per heavy atom. The van der Waals surface area contributed by atoms with Crippen molar-refractivity contribution in [1.29, 1.82) is 0 Å². The normalized spacial score (nSPS) is 10.4. The lowest BCUT2D eigenvalue weighted by Crippen LogP contribution is -2.33. The Bertz CT molecular complexity index is 891. The third kappa shape index (κ3) is 6.47. The van der Waals surface area contributed by atoms with Crippen molar-refractivity contribution in [3.05, 3.63) is 101 Å². The van der Waals surface area contributed by atoms with Crippen LogP contribution >= 0.6 is 15.9 Å². The topological polar surface area (TPSA) is 64.6 Å². The molecule has 0 heterocycles. The first kappa shape index (κ1) is 20.6. The summed E-state index contributed by atoms with van der Waals surface area (Å²) >= 11 is 3.33. The molecule has 0 fully saturated rings. The van der Waals surface area contributed by atoms with E-state index in [1.54, 1.807) is 24.3 Å². The first-order valence-electron chi connectivity index (χ1n) is 9.05. The maximum Gasteiger partial charge on any atom is 0.344 e. The van der Waals surface area contributed by atoms with E-state index in [0.29, 0.717) is 5.75 Å². The molecule has 0 spiro atoms. The van der Waals surface area contributed by atoms with Gasteiger partial charge in [-0.15, -0.1) is 0 Å². The van der Waals surface area contributed by atoms with Gasteiger partial charge in [-0.2, -0.15) is 0 Å². The van der Waals surface area contributed by atoms with E-state index in [9.17, 15) is 9.59 Å². The fourth-order valence-electron chi connectivity index (χ4n) is 2.71. The molecule has 0 aliphatic carbocycles. The molecule has 1 N–H and O–H groups in total. The molecule has 0 saturated carbocycles. The minimum atomic E-state index is -0.612. The quantitative estimate of drug-likeness (QED) is 0.517. The van der Waals surface area contributed by atoms with Crippen molar-refractivity contribution < 1.29 is 19.1 Å². The molecule has 6 heteroatoms. The van der Waals surface area contributed by atoms with E-state index in [1.807, 2.05) is 60.7 Å². The summed E-state index contributed by atoms with van der Waals surface area (Å²) in [6.45, 7) is -0.644. The van der Waals surface area contributed by atoms with E-state index in [0.717, 1.165) is 15.6 Å². The van der Waals surface area contributed by atoms with Crippen molar-refractivity contribution in [2.24, 2.45) is 0 Å². The molecule has 0 radical (unpaired) electrons. The molecule has 3 aromatic rings. The Hall–Kier alpha value is -3.12. The Labute approximate surface area is 177 Å². The molecule has 0 bridgehead atoms. The molecule has 3 aromatic carbocycles. The van der Waals surface area contributed by atoms with Crippen LogP contribution < -0.4 is 10.1 Å². The SMILES string of the molecule is O=C(COC(=O)COc1ccc(Br)cc1)NC(c1ccccc1)c1ccccc1. The summed E-state index contributed by atoms with van der Waals surface area (Å²) in [5, 5.41) is 2.92. The molecule has 148 valence electrons. The summed E-state index contributed by atoms with van der Waals surface area (Å²) in [6.07, 6.45) is 0. The summed E-state index contributed by atoms with van der Waals surface area (Å²) in [5.74, 6) is -0.457. The minimum Gasteiger partial charge on any atom is -0.482 e. The molecule has 5 nitrogen and oxygen atoms in total. The predicted octanol–water partition coefficient (Wildman–Crippen LogP) is 4.28. The largest absolute Gasteiger partial charge is 0.482 e. The van der Waals surface area contributed by atoms with Crippen LogP contribution in [0.5, 0.6) is 5.75 Å². The van der Waals surface area contributed by atoms with Crippen LogP contribution in [0.25, 0.3) is 0 Å². The minimum absolute atomic E-state index is 0.268. The zero-order valence-corrected chi connectivity index (χ0v) is 17.2.